The molecule has 1 saturated heterocycles. The normalized spacial score (nSPS) is 28.0. The van der Waals surface area contributed by atoms with Crippen LogP contribution < -0.4 is 4.74 Å². The van der Waals surface area contributed by atoms with Gasteiger partial charge < -0.3 is 14.2 Å². The molecule has 2 unspecified atom stereocenters. The van der Waals surface area contributed by atoms with Crippen molar-refractivity contribution in [2.45, 2.75) is 71.0 Å². The topological polar surface area (TPSA) is 37.7 Å². The van der Waals surface area contributed by atoms with Crippen LogP contribution in [0.15, 0.2) is 24.4 Å². The van der Waals surface area contributed by atoms with E-state index in [4.69, 9.17) is 4.74 Å². The first kappa shape index (κ1) is 19.9. The zero-order valence-electron chi connectivity index (χ0n) is 18.6. The summed E-state index contributed by atoms with van der Waals surface area (Å²) in [5.74, 6) is 1.75. The van der Waals surface area contributed by atoms with Crippen molar-refractivity contribution < 1.29 is 9.53 Å². The van der Waals surface area contributed by atoms with E-state index in [1.165, 1.54) is 32.1 Å². The van der Waals surface area contributed by atoms with Gasteiger partial charge in [-0.15, -0.1) is 0 Å². The Morgan fingerprint density at radius 2 is 1.83 bits per heavy atom. The summed E-state index contributed by atoms with van der Waals surface area (Å²) in [6.45, 7) is 10.0. The fourth-order valence-electron chi connectivity index (χ4n) is 6.28. The molecular formula is C25H35N3O2. The summed E-state index contributed by atoms with van der Waals surface area (Å²) in [4.78, 5) is 18.3. The second-order valence-corrected chi connectivity index (χ2v) is 9.62. The highest BCUT2D eigenvalue weighted by molar-refractivity contribution is 6.08. The van der Waals surface area contributed by atoms with E-state index in [1.807, 2.05) is 12.1 Å². The molecule has 5 rings (SSSR count). The summed E-state index contributed by atoms with van der Waals surface area (Å²) in [5, 5.41) is 1.05. The standard InChI is InChI=1S/C25H35N3O2/c1-4-27-17(2)13-26(14-18(27)3)25(29)21-15-28-22(19-9-6-5-7-10-19)16-30-23-12-8-11-20(21)24(23)28/h8,11-12,15,17-19,22H,4-7,9-10,13-14,16H2,1-3H3/t17?,18?,22-/m0/s1. The third-order valence-corrected chi connectivity index (χ3v) is 7.76. The molecule has 30 heavy (non-hydrogen) atoms. The molecule has 0 N–H and O–H groups in total. The van der Waals surface area contributed by atoms with Gasteiger partial charge in [0.1, 0.15) is 12.4 Å². The van der Waals surface area contributed by atoms with Crippen LogP contribution >= 0.6 is 0 Å². The number of piperazine rings is 1. The number of ether oxygens (including phenoxy) is 1. The van der Waals surface area contributed by atoms with Gasteiger partial charge in [0.25, 0.3) is 5.91 Å². The molecule has 0 bridgehead atoms. The van der Waals surface area contributed by atoms with Crippen LogP contribution in [0.5, 0.6) is 5.75 Å². The first-order valence-corrected chi connectivity index (χ1v) is 11.9. The second kappa shape index (κ2) is 7.92. The van der Waals surface area contributed by atoms with Gasteiger partial charge in [0.2, 0.25) is 0 Å². The van der Waals surface area contributed by atoms with E-state index in [-0.39, 0.29) is 5.91 Å². The Morgan fingerprint density at radius 1 is 1.10 bits per heavy atom. The molecule has 3 atom stereocenters. The molecule has 5 nitrogen and oxygen atoms in total. The van der Waals surface area contributed by atoms with E-state index in [1.54, 1.807) is 0 Å². The maximum absolute atomic E-state index is 13.7. The summed E-state index contributed by atoms with van der Waals surface area (Å²) in [6, 6.07) is 7.30. The van der Waals surface area contributed by atoms with Gasteiger partial charge in [-0.2, -0.15) is 0 Å². The molecule has 1 aromatic heterocycles. The van der Waals surface area contributed by atoms with Gasteiger partial charge >= 0.3 is 0 Å². The smallest absolute Gasteiger partial charge is 0.256 e. The fourth-order valence-corrected chi connectivity index (χ4v) is 6.28. The van der Waals surface area contributed by atoms with E-state index in [0.29, 0.717) is 24.0 Å². The fraction of sp³-hybridized carbons (Fsp3) is 0.640. The number of likely N-dealkylation sites (N-methyl/N-ethyl adjacent to an activating group) is 1. The van der Waals surface area contributed by atoms with Crippen LogP contribution in [0.1, 0.15) is 69.3 Å². The Morgan fingerprint density at radius 3 is 2.53 bits per heavy atom. The number of carbonyl (C=O) groups excluding carboxylic acids is 1. The molecule has 1 amide bonds. The van der Waals surface area contributed by atoms with Crippen LogP contribution in [0, 0.1) is 5.92 Å². The lowest BCUT2D eigenvalue weighted by molar-refractivity contribution is 0.0331. The van der Waals surface area contributed by atoms with E-state index in [0.717, 1.165) is 48.5 Å². The minimum atomic E-state index is 0.176. The quantitative estimate of drug-likeness (QED) is 0.737. The highest BCUT2D eigenvalue weighted by Gasteiger charge is 2.35. The molecule has 3 aliphatic rings. The first-order valence-electron chi connectivity index (χ1n) is 11.9. The van der Waals surface area contributed by atoms with Crippen molar-refractivity contribution in [3.05, 3.63) is 30.0 Å². The van der Waals surface area contributed by atoms with Gasteiger partial charge in [0.15, 0.2) is 0 Å². The summed E-state index contributed by atoms with van der Waals surface area (Å²) < 4.78 is 8.61. The minimum Gasteiger partial charge on any atom is -0.489 e. The van der Waals surface area contributed by atoms with E-state index in [2.05, 4.69) is 47.4 Å². The molecule has 2 aromatic rings. The monoisotopic (exact) mass is 409 g/mol. The van der Waals surface area contributed by atoms with Gasteiger partial charge in [-0.1, -0.05) is 38.3 Å². The van der Waals surface area contributed by atoms with Crippen molar-refractivity contribution in [3.63, 3.8) is 0 Å². The lowest BCUT2D eigenvalue weighted by Crippen LogP contribution is -2.57. The molecule has 1 saturated carbocycles. The Labute approximate surface area is 180 Å². The Bertz CT molecular complexity index is 918. The Balaban J connectivity index is 1.50. The average molecular weight is 410 g/mol. The van der Waals surface area contributed by atoms with Crippen molar-refractivity contribution in [2.75, 3.05) is 26.2 Å². The molecule has 1 aliphatic carbocycles. The number of aromatic nitrogens is 1. The molecule has 5 heteroatoms. The third-order valence-electron chi connectivity index (χ3n) is 7.76. The number of rotatable bonds is 3. The van der Waals surface area contributed by atoms with Crippen LogP contribution in [-0.2, 0) is 0 Å². The van der Waals surface area contributed by atoms with Gasteiger partial charge in [0.05, 0.1) is 17.1 Å². The second-order valence-electron chi connectivity index (χ2n) is 9.62. The molecule has 0 radical (unpaired) electrons. The predicted molar refractivity (Wildman–Crippen MR) is 120 cm³/mol. The zero-order chi connectivity index (χ0) is 20.8. The maximum Gasteiger partial charge on any atom is 0.256 e. The zero-order valence-corrected chi connectivity index (χ0v) is 18.6. The van der Waals surface area contributed by atoms with Gasteiger partial charge in [-0.25, -0.2) is 0 Å². The van der Waals surface area contributed by atoms with Gasteiger partial charge in [-0.3, -0.25) is 9.69 Å². The SMILES string of the molecule is CCN1C(C)CN(C(=O)c2cn3c4c(cccc24)OC[C@H]3C2CCCCC2)CC1C. The highest BCUT2D eigenvalue weighted by Crippen LogP contribution is 2.42. The number of benzene rings is 1. The van der Waals surface area contributed by atoms with Gasteiger partial charge in [0, 0.05) is 36.8 Å². The molecule has 162 valence electrons. The molecule has 1 aromatic carbocycles. The summed E-state index contributed by atoms with van der Waals surface area (Å²) in [6.07, 6.45) is 8.68. The number of carbonyl (C=O) groups is 1. The van der Waals surface area contributed by atoms with Crippen LogP contribution in [-0.4, -0.2) is 58.6 Å². The molecule has 3 heterocycles. The van der Waals surface area contributed by atoms with Crippen LogP contribution in [0.2, 0.25) is 0 Å². The molecular weight excluding hydrogens is 374 g/mol. The summed E-state index contributed by atoms with van der Waals surface area (Å²) >= 11 is 0. The summed E-state index contributed by atoms with van der Waals surface area (Å²) in [5.41, 5.74) is 1.97. The van der Waals surface area contributed by atoms with Crippen molar-refractivity contribution in [2.24, 2.45) is 5.92 Å². The Hall–Kier alpha value is -2.01. The summed E-state index contributed by atoms with van der Waals surface area (Å²) in [7, 11) is 0. The maximum atomic E-state index is 13.7. The largest absolute Gasteiger partial charge is 0.489 e. The van der Waals surface area contributed by atoms with Crippen LogP contribution in [0.3, 0.4) is 0 Å². The number of para-hydroxylation sites is 1. The van der Waals surface area contributed by atoms with Crippen LogP contribution in [0.25, 0.3) is 10.9 Å². The average Bonchev–Trinajstić information content (AvgIpc) is 3.15. The highest BCUT2D eigenvalue weighted by atomic mass is 16.5. The number of amides is 1. The van der Waals surface area contributed by atoms with Crippen molar-refractivity contribution in [1.82, 2.24) is 14.4 Å². The molecule has 2 fully saturated rings. The van der Waals surface area contributed by atoms with Crippen molar-refractivity contribution in [1.29, 1.82) is 0 Å². The predicted octanol–water partition coefficient (Wildman–Crippen LogP) is 4.71. The number of hydrogen-bond donors (Lipinski definition) is 0. The lowest BCUT2D eigenvalue weighted by atomic mass is 9.83. The minimum absolute atomic E-state index is 0.176. The first-order chi connectivity index (χ1) is 14.6. The number of hydrogen-bond acceptors (Lipinski definition) is 3. The van der Waals surface area contributed by atoms with Crippen molar-refractivity contribution >= 4 is 16.8 Å². The third kappa shape index (κ3) is 3.22. The van der Waals surface area contributed by atoms with E-state index >= 15 is 0 Å². The van der Waals surface area contributed by atoms with E-state index in [9.17, 15) is 4.79 Å². The van der Waals surface area contributed by atoms with Crippen molar-refractivity contribution in [3.8, 4) is 5.75 Å². The van der Waals surface area contributed by atoms with Gasteiger partial charge in [-0.05, 0) is 45.2 Å². The molecule has 0 spiro atoms. The molecule has 2 aliphatic heterocycles. The lowest BCUT2D eigenvalue weighted by Gasteiger charge is -2.44. The number of nitrogens with zero attached hydrogens (tertiary/aromatic N) is 3. The van der Waals surface area contributed by atoms with Crippen LogP contribution in [0.4, 0.5) is 0 Å². The Kier molecular flexibility index (Phi) is 5.26. The van der Waals surface area contributed by atoms with E-state index < -0.39 is 0 Å².